The van der Waals surface area contributed by atoms with E-state index in [1.54, 1.807) is 0 Å². The van der Waals surface area contributed by atoms with Crippen LogP contribution in [0, 0.1) is 5.92 Å². The van der Waals surface area contributed by atoms with Gasteiger partial charge in [0.2, 0.25) is 5.91 Å². The van der Waals surface area contributed by atoms with Crippen LogP contribution in [0.25, 0.3) is 0 Å². The summed E-state index contributed by atoms with van der Waals surface area (Å²) in [4.78, 5) is 24.3. The number of rotatable bonds is 4. The Morgan fingerprint density at radius 1 is 1.20 bits per heavy atom. The van der Waals surface area contributed by atoms with Gasteiger partial charge in [-0.05, 0) is 38.6 Å². The maximum atomic E-state index is 12.6. The number of carbonyl (C=O) groups excluding carboxylic acids is 1. The molecule has 6 nitrogen and oxygen atoms in total. The lowest BCUT2D eigenvalue weighted by atomic mass is 9.86. The molecular weight excluding hydrogens is 314 g/mol. The molecule has 0 unspecified atom stereocenters. The number of carbonyl (C=O) groups is 1. The van der Waals surface area contributed by atoms with E-state index in [9.17, 15) is 4.79 Å². The first kappa shape index (κ1) is 17.0. The molecule has 3 heterocycles. The molecule has 138 valence electrons. The molecule has 0 bridgehead atoms. The smallest absolute Gasteiger partial charge is 0.222 e. The lowest BCUT2D eigenvalue weighted by molar-refractivity contribution is -0.131. The van der Waals surface area contributed by atoms with E-state index < -0.39 is 0 Å². The van der Waals surface area contributed by atoms with E-state index in [2.05, 4.69) is 38.3 Å². The highest BCUT2D eigenvalue weighted by atomic mass is 16.2. The fourth-order valence-corrected chi connectivity index (χ4v) is 4.46. The number of hydrogen-bond acceptors (Lipinski definition) is 4. The number of amides is 1. The Morgan fingerprint density at radius 3 is 2.76 bits per heavy atom. The van der Waals surface area contributed by atoms with Crippen molar-refractivity contribution in [3.05, 3.63) is 18.2 Å². The van der Waals surface area contributed by atoms with Crippen LogP contribution in [0.1, 0.15) is 37.9 Å². The Morgan fingerprint density at radius 2 is 2.04 bits per heavy atom. The van der Waals surface area contributed by atoms with Crippen LogP contribution in [-0.2, 0) is 18.4 Å². The molecule has 2 saturated heterocycles. The van der Waals surface area contributed by atoms with Crippen molar-refractivity contribution in [1.82, 2.24) is 24.3 Å². The maximum Gasteiger partial charge on any atom is 0.222 e. The first-order valence-electron chi connectivity index (χ1n) is 9.73. The van der Waals surface area contributed by atoms with Gasteiger partial charge in [-0.3, -0.25) is 14.6 Å². The first-order chi connectivity index (χ1) is 12.1. The molecule has 1 amide bonds. The van der Waals surface area contributed by atoms with Gasteiger partial charge in [0.05, 0.1) is 6.54 Å². The Hall–Kier alpha value is -1.40. The number of likely N-dealkylation sites (N-methyl/N-ethyl adjacent to an activating group) is 1. The van der Waals surface area contributed by atoms with Crippen LogP contribution >= 0.6 is 0 Å². The zero-order valence-electron chi connectivity index (χ0n) is 15.7. The third kappa shape index (κ3) is 3.60. The third-order valence-electron chi connectivity index (χ3n) is 6.54. The van der Waals surface area contributed by atoms with Gasteiger partial charge in [-0.25, -0.2) is 4.98 Å². The van der Waals surface area contributed by atoms with Gasteiger partial charge < -0.3 is 9.47 Å². The molecule has 1 atom stereocenters. The van der Waals surface area contributed by atoms with Crippen molar-refractivity contribution in [3.8, 4) is 0 Å². The van der Waals surface area contributed by atoms with Crippen molar-refractivity contribution in [3.63, 3.8) is 0 Å². The summed E-state index contributed by atoms with van der Waals surface area (Å²) in [6, 6.07) is 0. The molecule has 1 aliphatic carbocycles. The number of piperazine rings is 1. The Labute approximate surface area is 150 Å². The average Bonchev–Trinajstić information content (AvgIpc) is 3.35. The predicted molar refractivity (Wildman–Crippen MR) is 97.0 cm³/mol. The van der Waals surface area contributed by atoms with Crippen LogP contribution in [0.2, 0.25) is 0 Å². The fraction of sp³-hybridized carbons (Fsp3) is 0.789. The second kappa shape index (κ2) is 6.72. The maximum absolute atomic E-state index is 12.6. The highest BCUT2D eigenvalue weighted by Crippen LogP contribution is 2.35. The molecule has 0 radical (unpaired) electrons. The Kier molecular flexibility index (Phi) is 4.58. The quantitative estimate of drug-likeness (QED) is 0.826. The van der Waals surface area contributed by atoms with E-state index in [-0.39, 0.29) is 5.54 Å². The molecule has 1 spiro atoms. The number of likely N-dealkylation sites (tertiary alicyclic amines) is 1. The molecule has 0 aromatic carbocycles. The van der Waals surface area contributed by atoms with E-state index in [0.29, 0.717) is 12.3 Å². The second-order valence-electron chi connectivity index (χ2n) is 8.34. The van der Waals surface area contributed by atoms with Crippen LogP contribution in [-0.4, -0.2) is 75.5 Å². The molecule has 2 aliphatic heterocycles. The van der Waals surface area contributed by atoms with Gasteiger partial charge in [0.15, 0.2) is 0 Å². The lowest BCUT2D eigenvalue weighted by Crippen LogP contribution is -2.60. The molecule has 4 rings (SSSR count). The van der Waals surface area contributed by atoms with E-state index >= 15 is 0 Å². The van der Waals surface area contributed by atoms with Gasteiger partial charge in [0, 0.05) is 64.1 Å². The minimum absolute atomic E-state index is 0.136. The third-order valence-corrected chi connectivity index (χ3v) is 6.54. The van der Waals surface area contributed by atoms with Gasteiger partial charge in [-0.2, -0.15) is 0 Å². The summed E-state index contributed by atoms with van der Waals surface area (Å²) in [6.45, 7) is 6.01. The summed E-state index contributed by atoms with van der Waals surface area (Å²) in [5, 5.41) is 0. The average molecular weight is 345 g/mol. The van der Waals surface area contributed by atoms with E-state index in [4.69, 9.17) is 0 Å². The molecule has 25 heavy (non-hydrogen) atoms. The summed E-state index contributed by atoms with van der Waals surface area (Å²) in [6.07, 6.45) is 9.30. The van der Waals surface area contributed by atoms with Crippen LogP contribution < -0.4 is 0 Å². The summed E-state index contributed by atoms with van der Waals surface area (Å²) >= 11 is 0. The van der Waals surface area contributed by atoms with Crippen LogP contribution in [0.15, 0.2) is 12.4 Å². The van der Waals surface area contributed by atoms with Crippen molar-refractivity contribution >= 4 is 5.91 Å². The molecular formula is C19H31N5O. The SMILES string of the molecule is CN1CCN(Cc2nccn2C)C[C@]12CCC(=O)N(CC1CC1)CC2. The van der Waals surface area contributed by atoms with Crippen molar-refractivity contribution in [2.24, 2.45) is 13.0 Å². The van der Waals surface area contributed by atoms with Crippen LogP contribution in [0.5, 0.6) is 0 Å². The minimum atomic E-state index is 0.136. The molecule has 1 saturated carbocycles. The normalized spacial score (nSPS) is 29.4. The zero-order valence-corrected chi connectivity index (χ0v) is 15.7. The summed E-state index contributed by atoms with van der Waals surface area (Å²) in [5.74, 6) is 2.28. The number of aromatic nitrogens is 2. The highest BCUT2D eigenvalue weighted by molar-refractivity contribution is 5.76. The molecule has 3 aliphatic rings. The zero-order chi connectivity index (χ0) is 17.4. The molecule has 3 fully saturated rings. The summed E-state index contributed by atoms with van der Waals surface area (Å²) in [7, 11) is 4.31. The van der Waals surface area contributed by atoms with Crippen molar-refractivity contribution in [1.29, 1.82) is 0 Å². The molecule has 0 N–H and O–H groups in total. The minimum Gasteiger partial charge on any atom is -0.342 e. The van der Waals surface area contributed by atoms with Crippen LogP contribution in [0.4, 0.5) is 0 Å². The summed E-state index contributed by atoms with van der Waals surface area (Å²) in [5.41, 5.74) is 0.136. The topological polar surface area (TPSA) is 44.6 Å². The van der Waals surface area contributed by atoms with Crippen molar-refractivity contribution in [2.45, 2.75) is 44.2 Å². The number of hydrogen-bond donors (Lipinski definition) is 0. The van der Waals surface area contributed by atoms with Crippen molar-refractivity contribution in [2.75, 3.05) is 39.8 Å². The Bertz CT molecular complexity index is 625. The first-order valence-corrected chi connectivity index (χ1v) is 9.73. The van der Waals surface area contributed by atoms with Crippen LogP contribution in [0.3, 0.4) is 0 Å². The monoisotopic (exact) mass is 345 g/mol. The summed E-state index contributed by atoms with van der Waals surface area (Å²) < 4.78 is 2.11. The van der Waals surface area contributed by atoms with Crippen molar-refractivity contribution < 1.29 is 4.79 Å². The predicted octanol–water partition coefficient (Wildman–Crippen LogP) is 1.33. The number of aryl methyl sites for hydroxylation is 1. The van der Waals surface area contributed by atoms with E-state index in [0.717, 1.165) is 63.9 Å². The highest BCUT2D eigenvalue weighted by Gasteiger charge is 2.42. The number of nitrogens with zero attached hydrogens (tertiary/aromatic N) is 5. The largest absolute Gasteiger partial charge is 0.342 e. The van der Waals surface area contributed by atoms with Gasteiger partial charge in [-0.15, -0.1) is 0 Å². The van der Waals surface area contributed by atoms with E-state index in [1.165, 1.54) is 12.8 Å². The molecule has 1 aromatic heterocycles. The number of imidazole rings is 1. The van der Waals surface area contributed by atoms with Gasteiger partial charge in [-0.1, -0.05) is 0 Å². The molecule has 1 aromatic rings. The lowest BCUT2D eigenvalue weighted by Gasteiger charge is -2.49. The van der Waals surface area contributed by atoms with E-state index in [1.807, 2.05) is 12.4 Å². The standard InChI is InChI=1S/C19H31N5O/c1-21-10-8-20-17(21)14-23-12-11-22(2)19(15-23)6-5-18(25)24(9-7-19)13-16-3-4-16/h8,10,16H,3-7,9,11-15H2,1-2H3/t19-/m1/s1. The van der Waals surface area contributed by atoms with Gasteiger partial charge in [0.25, 0.3) is 0 Å². The van der Waals surface area contributed by atoms with Gasteiger partial charge >= 0.3 is 0 Å². The van der Waals surface area contributed by atoms with Gasteiger partial charge in [0.1, 0.15) is 5.82 Å². The Balaban J connectivity index is 1.44. The second-order valence-corrected chi connectivity index (χ2v) is 8.34. The molecule has 6 heteroatoms. The fourth-order valence-electron chi connectivity index (χ4n) is 4.46.